The van der Waals surface area contributed by atoms with E-state index in [9.17, 15) is 14.4 Å². The maximum Gasteiger partial charge on any atom is 0.235 e. The molecule has 1 aromatic carbocycles. The number of anilines is 1. The Morgan fingerprint density at radius 1 is 1.19 bits per heavy atom. The molecule has 1 aromatic rings. The third kappa shape index (κ3) is 3.20. The Morgan fingerprint density at radius 2 is 1.94 bits per heavy atom. The fourth-order valence-electron chi connectivity index (χ4n) is 5.52. The number of rotatable bonds is 3. The SMILES string of the molecule is CC(C)(C)C(=O)[C@@H]1[C@H]2C(=O)N(C[C@@H]3CCCO3)C(=O)[C@@H]2[C@@H]2C=Cc3cc(Br)ccc3N12. The number of amides is 2. The lowest BCUT2D eigenvalue weighted by Crippen LogP contribution is -2.52. The molecule has 0 unspecified atom stereocenters. The maximum absolute atomic E-state index is 13.7. The van der Waals surface area contributed by atoms with Gasteiger partial charge in [-0.3, -0.25) is 19.3 Å². The molecule has 0 bridgehead atoms. The molecule has 5 rings (SSSR count). The van der Waals surface area contributed by atoms with Crippen LogP contribution in [0.1, 0.15) is 39.2 Å². The highest BCUT2D eigenvalue weighted by atomic mass is 79.9. The zero-order valence-electron chi connectivity index (χ0n) is 18.0. The van der Waals surface area contributed by atoms with Crippen molar-refractivity contribution in [2.75, 3.05) is 18.1 Å². The van der Waals surface area contributed by atoms with Gasteiger partial charge in [0, 0.05) is 22.2 Å². The van der Waals surface area contributed by atoms with E-state index in [-0.39, 0.29) is 29.7 Å². The van der Waals surface area contributed by atoms with Crippen LogP contribution >= 0.6 is 15.9 Å². The first-order valence-corrected chi connectivity index (χ1v) is 11.7. The molecule has 6 nitrogen and oxygen atoms in total. The number of likely N-dealkylation sites (tertiary alicyclic amines) is 1. The molecule has 0 aromatic heterocycles. The van der Waals surface area contributed by atoms with Crippen molar-refractivity contribution in [2.45, 2.75) is 51.8 Å². The number of ketones is 1. The van der Waals surface area contributed by atoms with Gasteiger partial charge in [-0.25, -0.2) is 0 Å². The Morgan fingerprint density at radius 3 is 2.61 bits per heavy atom. The summed E-state index contributed by atoms with van der Waals surface area (Å²) in [6, 6.07) is 4.95. The zero-order valence-corrected chi connectivity index (χ0v) is 19.6. The van der Waals surface area contributed by atoms with Crippen molar-refractivity contribution >= 4 is 45.3 Å². The number of hydrogen-bond donors (Lipinski definition) is 0. The molecule has 4 heterocycles. The monoisotopic (exact) mass is 486 g/mol. The molecule has 4 aliphatic rings. The Labute approximate surface area is 190 Å². The van der Waals surface area contributed by atoms with Crippen molar-refractivity contribution in [3.05, 3.63) is 34.3 Å². The number of fused-ring (bicyclic) bond motifs is 5. The van der Waals surface area contributed by atoms with Crippen LogP contribution in [0.25, 0.3) is 6.08 Å². The average Bonchev–Trinajstić information content (AvgIpc) is 3.40. The second-order valence-corrected chi connectivity index (χ2v) is 10.9. The number of imide groups is 1. The van der Waals surface area contributed by atoms with E-state index >= 15 is 0 Å². The molecule has 3 saturated heterocycles. The van der Waals surface area contributed by atoms with Crippen LogP contribution in [0.5, 0.6) is 0 Å². The standard InChI is InChI=1S/C24H27BrN2O4/c1-24(2,3)21(28)20-19-18(22(29)26(23(19)30)12-15-5-4-10-31-15)17-8-6-13-11-14(25)7-9-16(13)27(17)20/h6-9,11,15,17-20H,4-5,10,12H2,1-3H3/t15-,17-,18+,19-,20-/m0/s1. The van der Waals surface area contributed by atoms with E-state index in [1.807, 2.05) is 56.0 Å². The second kappa shape index (κ2) is 7.27. The number of halogens is 1. The third-order valence-corrected chi connectivity index (χ3v) is 7.47. The molecule has 0 N–H and O–H groups in total. The van der Waals surface area contributed by atoms with Gasteiger partial charge in [0.2, 0.25) is 11.8 Å². The highest BCUT2D eigenvalue weighted by Gasteiger charge is 2.64. The quantitative estimate of drug-likeness (QED) is 0.612. The van der Waals surface area contributed by atoms with Crippen LogP contribution in [0.2, 0.25) is 0 Å². The molecule has 2 amide bonds. The van der Waals surface area contributed by atoms with Crippen LogP contribution < -0.4 is 4.90 Å². The fraction of sp³-hybridized carbons (Fsp3) is 0.542. The number of hydrogen-bond acceptors (Lipinski definition) is 5. The highest BCUT2D eigenvalue weighted by molar-refractivity contribution is 9.10. The molecule has 4 aliphatic heterocycles. The maximum atomic E-state index is 13.7. The Kier molecular flexibility index (Phi) is 4.90. The average molecular weight is 487 g/mol. The van der Waals surface area contributed by atoms with Gasteiger partial charge in [-0.1, -0.05) is 48.9 Å². The number of nitrogens with zero attached hydrogens (tertiary/aromatic N) is 2. The number of carbonyl (C=O) groups is 3. The molecule has 0 spiro atoms. The van der Waals surface area contributed by atoms with E-state index in [0.29, 0.717) is 13.2 Å². The van der Waals surface area contributed by atoms with E-state index in [4.69, 9.17) is 4.74 Å². The van der Waals surface area contributed by atoms with Crippen LogP contribution in [0.3, 0.4) is 0 Å². The third-order valence-electron chi connectivity index (χ3n) is 6.98. The van der Waals surface area contributed by atoms with Crippen molar-refractivity contribution in [3.8, 4) is 0 Å². The first kappa shape index (κ1) is 20.9. The molecule has 0 saturated carbocycles. The summed E-state index contributed by atoms with van der Waals surface area (Å²) in [7, 11) is 0. The molecular formula is C24H27BrN2O4. The van der Waals surface area contributed by atoms with Crippen molar-refractivity contribution in [1.82, 2.24) is 4.90 Å². The summed E-state index contributed by atoms with van der Waals surface area (Å²) in [5.41, 5.74) is 1.25. The van der Waals surface area contributed by atoms with Crippen LogP contribution in [0.15, 0.2) is 28.7 Å². The largest absolute Gasteiger partial charge is 0.376 e. The minimum absolute atomic E-state index is 0.00529. The minimum Gasteiger partial charge on any atom is -0.376 e. The van der Waals surface area contributed by atoms with Gasteiger partial charge in [-0.15, -0.1) is 0 Å². The lowest BCUT2D eigenvalue weighted by atomic mass is 9.79. The lowest BCUT2D eigenvalue weighted by molar-refractivity contribution is -0.143. The summed E-state index contributed by atoms with van der Waals surface area (Å²) in [5, 5.41) is 0. The van der Waals surface area contributed by atoms with Gasteiger partial charge in [-0.05, 0) is 36.6 Å². The van der Waals surface area contributed by atoms with Gasteiger partial charge in [0.05, 0.1) is 30.5 Å². The van der Waals surface area contributed by atoms with E-state index < -0.39 is 23.3 Å². The fourth-order valence-corrected chi connectivity index (χ4v) is 5.90. The number of ether oxygens (including phenoxy) is 1. The van der Waals surface area contributed by atoms with Crippen molar-refractivity contribution in [1.29, 1.82) is 0 Å². The lowest BCUT2D eigenvalue weighted by Gasteiger charge is -2.38. The molecule has 31 heavy (non-hydrogen) atoms. The summed E-state index contributed by atoms with van der Waals surface area (Å²) in [4.78, 5) is 44.1. The van der Waals surface area contributed by atoms with E-state index in [0.717, 1.165) is 28.6 Å². The van der Waals surface area contributed by atoms with Crippen molar-refractivity contribution in [2.24, 2.45) is 17.3 Å². The van der Waals surface area contributed by atoms with Gasteiger partial charge in [-0.2, -0.15) is 0 Å². The smallest absolute Gasteiger partial charge is 0.235 e. The van der Waals surface area contributed by atoms with Crippen LogP contribution in [-0.2, 0) is 19.1 Å². The van der Waals surface area contributed by atoms with E-state index in [1.54, 1.807) is 0 Å². The van der Waals surface area contributed by atoms with E-state index in [1.165, 1.54) is 4.90 Å². The summed E-state index contributed by atoms with van der Waals surface area (Å²) < 4.78 is 6.63. The van der Waals surface area contributed by atoms with Gasteiger partial charge in [0.15, 0.2) is 5.78 Å². The first-order valence-electron chi connectivity index (χ1n) is 11.0. The van der Waals surface area contributed by atoms with Crippen molar-refractivity contribution in [3.63, 3.8) is 0 Å². The van der Waals surface area contributed by atoms with E-state index in [2.05, 4.69) is 15.9 Å². The van der Waals surface area contributed by atoms with Gasteiger partial charge >= 0.3 is 0 Å². The van der Waals surface area contributed by atoms with Crippen molar-refractivity contribution < 1.29 is 19.1 Å². The van der Waals surface area contributed by atoms with Crippen LogP contribution in [0, 0.1) is 17.3 Å². The number of benzene rings is 1. The summed E-state index contributed by atoms with van der Waals surface area (Å²) in [6.07, 6.45) is 5.70. The molecule has 164 valence electrons. The molecule has 0 aliphatic carbocycles. The van der Waals surface area contributed by atoms with Gasteiger partial charge in [0.1, 0.15) is 6.04 Å². The summed E-state index contributed by atoms with van der Waals surface area (Å²) in [6.45, 7) is 6.60. The zero-order chi connectivity index (χ0) is 22.1. The topological polar surface area (TPSA) is 66.9 Å². The van der Waals surface area contributed by atoms with Crippen LogP contribution in [-0.4, -0.2) is 53.8 Å². The highest BCUT2D eigenvalue weighted by Crippen LogP contribution is 2.50. The summed E-state index contributed by atoms with van der Waals surface area (Å²) >= 11 is 3.51. The Balaban J connectivity index is 1.58. The Bertz CT molecular complexity index is 992. The molecule has 3 fully saturated rings. The minimum atomic E-state index is -0.662. The van der Waals surface area contributed by atoms with Gasteiger partial charge < -0.3 is 9.64 Å². The van der Waals surface area contributed by atoms with Crippen LogP contribution in [0.4, 0.5) is 5.69 Å². The predicted octanol–water partition coefficient (Wildman–Crippen LogP) is 3.43. The molecule has 0 radical (unpaired) electrons. The summed E-state index contributed by atoms with van der Waals surface area (Å²) in [5.74, 6) is -1.61. The number of Topliss-reactive ketones (excluding diaryl/α,β-unsaturated/α-hetero) is 1. The normalized spacial score (nSPS) is 31.8. The number of carbonyl (C=O) groups excluding carboxylic acids is 3. The molecule has 7 heteroatoms. The second-order valence-electron chi connectivity index (χ2n) is 9.99. The first-order chi connectivity index (χ1) is 14.7. The molecule has 5 atom stereocenters. The Hall–Kier alpha value is -1.99. The van der Waals surface area contributed by atoms with Gasteiger partial charge in [0.25, 0.3) is 0 Å². The molecular weight excluding hydrogens is 460 g/mol. The predicted molar refractivity (Wildman–Crippen MR) is 120 cm³/mol.